The minimum absolute atomic E-state index is 0.211. The van der Waals surface area contributed by atoms with Crippen LogP contribution >= 0.6 is 0 Å². The lowest BCUT2D eigenvalue weighted by Crippen LogP contribution is -2.21. The molecule has 0 aromatic heterocycles. The standard InChI is InChI=1S/C4H8O2.C4H10O.C2HF3O2/c1-3-6-4(2)5;1-2-3-4-5;3-2(4,5)1(6)7/h3H2,1-2H3;5H,2-4H2,1H3;(H,6,7). The van der Waals surface area contributed by atoms with Crippen LogP contribution in [-0.2, 0) is 14.3 Å². The fraction of sp³-hybridized carbons (Fsp3) is 0.800. The molecule has 8 heteroatoms. The number of aliphatic carboxylic acids is 1. The van der Waals surface area contributed by atoms with Crippen LogP contribution in [0.1, 0.15) is 33.6 Å². The zero-order chi connectivity index (χ0) is 15.2. The van der Waals surface area contributed by atoms with Crippen molar-refractivity contribution in [2.45, 2.75) is 39.8 Å². The van der Waals surface area contributed by atoms with Crippen LogP contribution in [0.3, 0.4) is 0 Å². The van der Waals surface area contributed by atoms with Gasteiger partial charge in [0.2, 0.25) is 0 Å². The third-order valence-electron chi connectivity index (χ3n) is 1.10. The summed E-state index contributed by atoms with van der Waals surface area (Å²) >= 11 is 0. The zero-order valence-electron chi connectivity index (χ0n) is 10.6. The van der Waals surface area contributed by atoms with Crippen molar-refractivity contribution in [2.75, 3.05) is 13.2 Å². The molecule has 0 aliphatic carbocycles. The van der Waals surface area contributed by atoms with Gasteiger partial charge < -0.3 is 14.9 Å². The van der Waals surface area contributed by atoms with Crippen molar-refractivity contribution in [2.24, 2.45) is 0 Å². The van der Waals surface area contributed by atoms with Crippen molar-refractivity contribution in [3.63, 3.8) is 0 Å². The maximum absolute atomic E-state index is 10.6. The van der Waals surface area contributed by atoms with Crippen molar-refractivity contribution < 1.29 is 37.7 Å². The number of carbonyl (C=O) groups excluding carboxylic acids is 1. The first-order valence-corrected chi connectivity index (χ1v) is 5.17. The Bertz CT molecular complexity index is 214. The van der Waals surface area contributed by atoms with Crippen LogP contribution in [0.15, 0.2) is 0 Å². The van der Waals surface area contributed by atoms with Gasteiger partial charge in [-0.3, -0.25) is 4.79 Å². The fourth-order valence-electron chi connectivity index (χ4n) is 0.361. The van der Waals surface area contributed by atoms with Gasteiger partial charge in [-0.2, -0.15) is 13.2 Å². The molecule has 5 nitrogen and oxygen atoms in total. The number of aliphatic hydroxyl groups is 1. The predicted molar refractivity (Wildman–Crippen MR) is 58.0 cm³/mol. The summed E-state index contributed by atoms with van der Waals surface area (Å²) in [5, 5.41) is 15.2. The van der Waals surface area contributed by atoms with E-state index in [1.165, 1.54) is 6.92 Å². The summed E-state index contributed by atoms with van der Waals surface area (Å²) in [6, 6.07) is 0. The number of aliphatic hydroxyl groups excluding tert-OH is 1. The van der Waals surface area contributed by atoms with E-state index >= 15 is 0 Å². The largest absolute Gasteiger partial charge is 0.490 e. The molecule has 2 N–H and O–H groups in total. The van der Waals surface area contributed by atoms with Crippen LogP contribution in [-0.4, -0.2) is 41.5 Å². The lowest BCUT2D eigenvalue weighted by atomic mass is 10.4. The van der Waals surface area contributed by atoms with E-state index in [0.29, 0.717) is 13.2 Å². The van der Waals surface area contributed by atoms with Crippen molar-refractivity contribution in [1.29, 1.82) is 0 Å². The van der Waals surface area contributed by atoms with Gasteiger partial charge in [-0.15, -0.1) is 0 Å². The number of carbonyl (C=O) groups is 2. The summed E-state index contributed by atoms with van der Waals surface area (Å²) in [7, 11) is 0. The zero-order valence-corrected chi connectivity index (χ0v) is 10.6. The van der Waals surface area contributed by atoms with Gasteiger partial charge in [-0.1, -0.05) is 13.3 Å². The highest BCUT2D eigenvalue weighted by Crippen LogP contribution is 2.13. The van der Waals surface area contributed by atoms with E-state index in [4.69, 9.17) is 15.0 Å². The molecule has 0 rings (SSSR count). The van der Waals surface area contributed by atoms with Gasteiger partial charge in [0.05, 0.1) is 6.61 Å². The number of hydrogen-bond donors (Lipinski definition) is 2. The summed E-state index contributed by atoms with van der Waals surface area (Å²) in [4.78, 5) is 18.7. The molecule has 0 atom stereocenters. The molecule has 0 unspecified atom stereocenters. The summed E-state index contributed by atoms with van der Waals surface area (Å²) in [6.45, 7) is 6.05. The highest BCUT2D eigenvalue weighted by atomic mass is 19.4. The van der Waals surface area contributed by atoms with Crippen LogP contribution in [0.25, 0.3) is 0 Å². The average Bonchev–Trinajstić information content (AvgIpc) is 2.18. The third kappa shape index (κ3) is 29.3. The molecule has 0 fully saturated rings. The molecule has 0 saturated heterocycles. The van der Waals surface area contributed by atoms with E-state index in [-0.39, 0.29) is 5.97 Å². The van der Waals surface area contributed by atoms with Crippen molar-refractivity contribution in [3.05, 3.63) is 0 Å². The Hall–Kier alpha value is -1.31. The first kappa shape index (κ1) is 21.9. The smallest absolute Gasteiger partial charge is 0.475 e. The number of carboxylic acids is 1. The second kappa shape index (κ2) is 13.8. The molecule has 18 heavy (non-hydrogen) atoms. The lowest BCUT2D eigenvalue weighted by molar-refractivity contribution is -0.192. The van der Waals surface area contributed by atoms with Crippen LogP contribution in [0.4, 0.5) is 13.2 Å². The second-order valence-corrected chi connectivity index (χ2v) is 2.80. The van der Waals surface area contributed by atoms with E-state index in [0.717, 1.165) is 12.8 Å². The highest BCUT2D eigenvalue weighted by molar-refractivity contribution is 5.73. The fourth-order valence-corrected chi connectivity index (χ4v) is 0.361. The van der Waals surface area contributed by atoms with E-state index in [2.05, 4.69) is 11.7 Å². The predicted octanol–water partition coefficient (Wildman–Crippen LogP) is 1.98. The Morgan fingerprint density at radius 1 is 1.22 bits per heavy atom. The topological polar surface area (TPSA) is 83.8 Å². The van der Waals surface area contributed by atoms with Gasteiger partial charge in [-0.05, 0) is 13.3 Å². The minimum Gasteiger partial charge on any atom is -0.475 e. The van der Waals surface area contributed by atoms with Crippen molar-refractivity contribution in [1.82, 2.24) is 0 Å². The molecule has 0 heterocycles. The summed E-state index contributed by atoms with van der Waals surface area (Å²) in [5.41, 5.74) is 0. The molecule has 0 spiro atoms. The molecule has 0 saturated carbocycles. The van der Waals surface area contributed by atoms with Gasteiger partial charge >= 0.3 is 18.1 Å². The molecule has 0 radical (unpaired) electrons. The highest BCUT2D eigenvalue weighted by Gasteiger charge is 2.38. The molecule has 0 bridgehead atoms. The van der Waals surface area contributed by atoms with Gasteiger partial charge in [-0.25, -0.2) is 4.79 Å². The van der Waals surface area contributed by atoms with Gasteiger partial charge in [0.1, 0.15) is 0 Å². The van der Waals surface area contributed by atoms with E-state index < -0.39 is 12.1 Å². The Kier molecular flexibility index (Phi) is 16.8. The molecular formula is C10H19F3O5. The number of ether oxygens (including phenoxy) is 1. The number of halogens is 3. The SMILES string of the molecule is CCCCO.CCOC(C)=O.O=C(O)C(F)(F)F. The minimum atomic E-state index is -5.08. The number of alkyl halides is 3. The second-order valence-electron chi connectivity index (χ2n) is 2.80. The van der Waals surface area contributed by atoms with Crippen LogP contribution in [0.5, 0.6) is 0 Å². The van der Waals surface area contributed by atoms with Crippen molar-refractivity contribution in [3.8, 4) is 0 Å². The van der Waals surface area contributed by atoms with Crippen LogP contribution in [0.2, 0.25) is 0 Å². The van der Waals surface area contributed by atoms with Crippen molar-refractivity contribution >= 4 is 11.9 Å². The molecule has 0 aliphatic heterocycles. The molecule has 110 valence electrons. The van der Waals surface area contributed by atoms with Gasteiger partial charge in [0.15, 0.2) is 0 Å². The maximum atomic E-state index is 10.6. The molecule has 0 aromatic rings. The lowest BCUT2D eigenvalue weighted by Gasteiger charge is -1.93. The quantitative estimate of drug-likeness (QED) is 0.770. The molecule has 0 aromatic carbocycles. The van der Waals surface area contributed by atoms with E-state index in [1.807, 2.05) is 0 Å². The molecular weight excluding hydrogens is 257 g/mol. The number of carboxylic acid groups (broad SMARTS) is 1. The number of unbranched alkanes of at least 4 members (excludes halogenated alkanes) is 1. The normalized spacial score (nSPS) is 9.28. The number of rotatable bonds is 3. The van der Waals surface area contributed by atoms with E-state index in [1.54, 1.807) is 6.92 Å². The first-order chi connectivity index (χ1) is 8.13. The Labute approximate surface area is 104 Å². The van der Waals surface area contributed by atoms with Gasteiger partial charge in [0.25, 0.3) is 0 Å². The first-order valence-electron chi connectivity index (χ1n) is 5.17. The molecule has 0 aliphatic rings. The maximum Gasteiger partial charge on any atom is 0.490 e. The summed E-state index contributed by atoms with van der Waals surface area (Å²) in [6.07, 6.45) is -3.05. The van der Waals surface area contributed by atoms with Gasteiger partial charge in [0, 0.05) is 13.5 Å². The monoisotopic (exact) mass is 276 g/mol. The average molecular weight is 276 g/mol. The number of hydrogen-bond acceptors (Lipinski definition) is 4. The Balaban J connectivity index is -0.000000190. The van der Waals surface area contributed by atoms with Crippen LogP contribution in [0, 0.1) is 0 Å². The summed E-state index contributed by atoms with van der Waals surface area (Å²) < 4.78 is 36.1. The Morgan fingerprint density at radius 3 is 1.61 bits per heavy atom. The third-order valence-corrected chi connectivity index (χ3v) is 1.10. The molecule has 0 amide bonds. The number of esters is 1. The summed E-state index contributed by atoms with van der Waals surface area (Å²) in [5.74, 6) is -2.97. The van der Waals surface area contributed by atoms with Crippen LogP contribution < -0.4 is 0 Å². The Morgan fingerprint density at radius 2 is 1.61 bits per heavy atom. The van der Waals surface area contributed by atoms with E-state index in [9.17, 15) is 18.0 Å².